The third-order valence-electron chi connectivity index (χ3n) is 2.97. The van der Waals surface area contributed by atoms with Gasteiger partial charge in [0.1, 0.15) is 0 Å². The lowest BCUT2D eigenvalue weighted by molar-refractivity contribution is -0.128. The molecule has 0 aromatic carbocycles. The quantitative estimate of drug-likeness (QED) is 0.304. The SMILES string of the molecule is C=NNCCCC[C@H](NC(=O)[C@@H](N)C(C)C)C(C)=O. The summed E-state index contributed by atoms with van der Waals surface area (Å²) in [4.78, 5) is 23.3. The molecule has 0 bridgehead atoms. The van der Waals surface area contributed by atoms with E-state index in [1.807, 2.05) is 13.8 Å². The molecule has 110 valence electrons. The van der Waals surface area contributed by atoms with Crippen LogP contribution in [0.1, 0.15) is 40.0 Å². The highest BCUT2D eigenvalue weighted by Crippen LogP contribution is 2.04. The number of carbonyl (C=O) groups excluding carboxylic acids is 2. The Kier molecular flexibility index (Phi) is 8.78. The van der Waals surface area contributed by atoms with Gasteiger partial charge in [0.15, 0.2) is 5.78 Å². The highest BCUT2D eigenvalue weighted by atomic mass is 16.2. The van der Waals surface area contributed by atoms with E-state index < -0.39 is 12.1 Å². The molecule has 0 spiro atoms. The molecule has 0 aliphatic carbocycles. The highest BCUT2D eigenvalue weighted by molar-refractivity contribution is 5.89. The second-order valence-electron chi connectivity index (χ2n) is 5.00. The number of rotatable bonds is 10. The fraction of sp³-hybridized carbons (Fsp3) is 0.769. The summed E-state index contributed by atoms with van der Waals surface area (Å²) in [6.45, 7) is 9.26. The van der Waals surface area contributed by atoms with Crippen LogP contribution in [0, 0.1) is 5.92 Å². The van der Waals surface area contributed by atoms with Gasteiger partial charge in [-0.3, -0.25) is 9.59 Å². The zero-order valence-corrected chi connectivity index (χ0v) is 12.1. The fourth-order valence-corrected chi connectivity index (χ4v) is 1.58. The number of nitrogens with one attached hydrogen (secondary N) is 2. The van der Waals surface area contributed by atoms with E-state index in [4.69, 9.17) is 5.73 Å². The number of Topliss-reactive ketones (excluding diaryl/α,β-unsaturated/α-hetero) is 1. The first-order chi connectivity index (χ1) is 8.90. The summed E-state index contributed by atoms with van der Waals surface area (Å²) in [7, 11) is 0. The molecule has 6 nitrogen and oxygen atoms in total. The molecule has 0 rings (SSSR count). The molecular weight excluding hydrogens is 244 g/mol. The molecule has 0 aliphatic rings. The molecule has 0 heterocycles. The number of carbonyl (C=O) groups is 2. The van der Waals surface area contributed by atoms with Crippen molar-refractivity contribution in [2.45, 2.75) is 52.1 Å². The van der Waals surface area contributed by atoms with Gasteiger partial charge in [0.25, 0.3) is 0 Å². The second-order valence-corrected chi connectivity index (χ2v) is 5.00. The lowest BCUT2D eigenvalue weighted by Crippen LogP contribution is -2.49. The number of hydrazone groups is 1. The van der Waals surface area contributed by atoms with Gasteiger partial charge >= 0.3 is 0 Å². The summed E-state index contributed by atoms with van der Waals surface area (Å²) < 4.78 is 0. The van der Waals surface area contributed by atoms with Gasteiger partial charge in [-0.15, -0.1) is 0 Å². The van der Waals surface area contributed by atoms with Crippen molar-refractivity contribution in [3.05, 3.63) is 0 Å². The van der Waals surface area contributed by atoms with Crippen LogP contribution in [0.4, 0.5) is 0 Å². The van der Waals surface area contributed by atoms with Gasteiger partial charge in [0.05, 0.1) is 12.1 Å². The molecule has 0 saturated carbocycles. The van der Waals surface area contributed by atoms with Crippen LogP contribution in [0.25, 0.3) is 0 Å². The molecule has 2 atom stereocenters. The Morgan fingerprint density at radius 3 is 2.42 bits per heavy atom. The maximum Gasteiger partial charge on any atom is 0.237 e. The van der Waals surface area contributed by atoms with Crippen LogP contribution in [0.15, 0.2) is 5.10 Å². The van der Waals surface area contributed by atoms with E-state index in [0.29, 0.717) is 13.0 Å². The number of hydrogen-bond donors (Lipinski definition) is 3. The summed E-state index contributed by atoms with van der Waals surface area (Å²) in [6.07, 6.45) is 2.31. The van der Waals surface area contributed by atoms with Gasteiger partial charge in [-0.05, 0) is 32.1 Å². The van der Waals surface area contributed by atoms with E-state index in [9.17, 15) is 9.59 Å². The first kappa shape index (κ1) is 17.6. The zero-order chi connectivity index (χ0) is 14.8. The van der Waals surface area contributed by atoms with E-state index in [1.165, 1.54) is 6.92 Å². The molecule has 0 aromatic heterocycles. The van der Waals surface area contributed by atoms with Gasteiger partial charge in [-0.25, -0.2) is 0 Å². The maximum absolute atomic E-state index is 11.8. The highest BCUT2D eigenvalue weighted by Gasteiger charge is 2.22. The molecule has 0 radical (unpaired) electrons. The van der Waals surface area contributed by atoms with Crippen LogP contribution >= 0.6 is 0 Å². The van der Waals surface area contributed by atoms with Gasteiger partial charge in [0.2, 0.25) is 5.91 Å². The Morgan fingerprint density at radius 2 is 1.95 bits per heavy atom. The lowest BCUT2D eigenvalue weighted by Gasteiger charge is -2.20. The largest absolute Gasteiger partial charge is 0.345 e. The summed E-state index contributed by atoms with van der Waals surface area (Å²) >= 11 is 0. The Hall–Kier alpha value is -1.43. The first-order valence-electron chi connectivity index (χ1n) is 6.65. The summed E-state index contributed by atoms with van der Waals surface area (Å²) in [5, 5.41) is 6.24. The number of hydrogen-bond acceptors (Lipinski definition) is 5. The molecule has 0 aliphatic heterocycles. The smallest absolute Gasteiger partial charge is 0.237 e. The van der Waals surface area contributed by atoms with Gasteiger partial charge < -0.3 is 16.5 Å². The lowest BCUT2D eigenvalue weighted by atomic mass is 10.0. The Labute approximate surface area is 115 Å². The average molecular weight is 270 g/mol. The van der Waals surface area contributed by atoms with Crippen molar-refractivity contribution in [3.63, 3.8) is 0 Å². The van der Waals surface area contributed by atoms with Crippen molar-refractivity contribution < 1.29 is 9.59 Å². The van der Waals surface area contributed by atoms with Crippen molar-refractivity contribution in [2.75, 3.05) is 6.54 Å². The number of nitrogens with two attached hydrogens (primary N) is 1. The summed E-state index contributed by atoms with van der Waals surface area (Å²) in [5.74, 6) is -0.254. The molecule has 0 fully saturated rings. The molecule has 6 heteroatoms. The molecular formula is C13H26N4O2. The van der Waals surface area contributed by atoms with Crippen LogP contribution < -0.4 is 16.5 Å². The van der Waals surface area contributed by atoms with Gasteiger partial charge in [0, 0.05) is 13.3 Å². The van der Waals surface area contributed by atoms with E-state index in [0.717, 1.165) is 12.8 Å². The number of ketones is 1. The predicted octanol–water partition coefficient (Wildman–Crippen LogP) is 0.419. The Balaban J connectivity index is 4.15. The Bertz CT molecular complexity index is 305. The predicted molar refractivity (Wildman–Crippen MR) is 76.8 cm³/mol. The summed E-state index contributed by atoms with van der Waals surface area (Å²) in [6, 6.07) is -1.03. The fourth-order valence-electron chi connectivity index (χ4n) is 1.58. The standard InChI is InChI=1S/C13H26N4O2/c1-9(2)12(14)13(19)17-11(10(3)18)7-5-6-8-16-15-4/h9,11-12,16H,4-8,14H2,1-3H3,(H,17,19)/t11-,12-/m0/s1. The molecule has 1 amide bonds. The first-order valence-corrected chi connectivity index (χ1v) is 6.65. The second kappa shape index (κ2) is 9.49. The number of unbranched alkanes of at least 4 members (excludes halogenated alkanes) is 1. The van der Waals surface area contributed by atoms with Crippen LogP contribution in [0.3, 0.4) is 0 Å². The van der Waals surface area contributed by atoms with Crippen LogP contribution in [0.5, 0.6) is 0 Å². The normalized spacial score (nSPS) is 13.7. The number of nitrogens with zero attached hydrogens (tertiary/aromatic N) is 1. The molecule has 0 unspecified atom stereocenters. The average Bonchev–Trinajstić information content (AvgIpc) is 2.35. The number of amides is 1. The topological polar surface area (TPSA) is 96.6 Å². The maximum atomic E-state index is 11.8. The van der Waals surface area contributed by atoms with Crippen molar-refractivity contribution in [1.29, 1.82) is 0 Å². The van der Waals surface area contributed by atoms with Gasteiger partial charge in [-0.2, -0.15) is 5.10 Å². The van der Waals surface area contributed by atoms with Crippen molar-refractivity contribution >= 4 is 18.4 Å². The Morgan fingerprint density at radius 1 is 1.32 bits per heavy atom. The minimum atomic E-state index is -0.575. The van der Waals surface area contributed by atoms with Crippen LogP contribution in [-0.4, -0.2) is 37.0 Å². The molecule has 4 N–H and O–H groups in total. The third kappa shape index (κ3) is 7.56. The zero-order valence-electron chi connectivity index (χ0n) is 12.1. The van der Waals surface area contributed by atoms with Crippen molar-refractivity contribution in [2.24, 2.45) is 16.8 Å². The minimum absolute atomic E-state index is 0.0425. The molecule has 0 saturated heterocycles. The van der Waals surface area contributed by atoms with E-state index in [1.54, 1.807) is 0 Å². The minimum Gasteiger partial charge on any atom is -0.345 e. The van der Waals surface area contributed by atoms with E-state index in [-0.39, 0.29) is 17.6 Å². The van der Waals surface area contributed by atoms with E-state index in [2.05, 4.69) is 22.6 Å². The van der Waals surface area contributed by atoms with Crippen molar-refractivity contribution in [3.8, 4) is 0 Å². The van der Waals surface area contributed by atoms with Crippen molar-refractivity contribution in [1.82, 2.24) is 10.7 Å². The van der Waals surface area contributed by atoms with Gasteiger partial charge in [-0.1, -0.05) is 13.8 Å². The molecule has 0 aromatic rings. The monoisotopic (exact) mass is 270 g/mol. The third-order valence-corrected chi connectivity index (χ3v) is 2.97. The van der Waals surface area contributed by atoms with E-state index >= 15 is 0 Å². The molecule has 19 heavy (non-hydrogen) atoms. The van der Waals surface area contributed by atoms with Crippen LogP contribution in [-0.2, 0) is 9.59 Å². The van der Waals surface area contributed by atoms with Crippen LogP contribution in [0.2, 0.25) is 0 Å². The summed E-state index contributed by atoms with van der Waals surface area (Å²) in [5.41, 5.74) is 8.50.